The lowest BCUT2D eigenvalue weighted by Crippen LogP contribution is -2.37. The van der Waals surface area contributed by atoms with Crippen LogP contribution in [0, 0.1) is 0 Å². The molecular formula is C13H17FN. The number of hydrogen-bond acceptors (Lipinski definition) is 0. The van der Waals surface area contributed by atoms with Crippen LogP contribution in [0.5, 0.6) is 0 Å². The highest BCUT2D eigenvalue weighted by atomic mass is 19.1. The summed E-state index contributed by atoms with van der Waals surface area (Å²) in [5.74, 6) is 0. The van der Waals surface area contributed by atoms with Gasteiger partial charge in [0, 0.05) is 13.0 Å². The van der Waals surface area contributed by atoms with Gasteiger partial charge in [0.2, 0.25) is 0 Å². The summed E-state index contributed by atoms with van der Waals surface area (Å²) in [5, 5.41) is 4.35. The second-order valence-electron chi connectivity index (χ2n) is 4.18. The second-order valence-corrected chi connectivity index (χ2v) is 4.18. The molecule has 0 spiro atoms. The molecule has 1 aromatic carbocycles. The summed E-state index contributed by atoms with van der Waals surface area (Å²) in [6, 6.07) is 9.78. The standard InChI is InChI=1S/C13H17FN/c14-12(13-8-4-5-9-15-13)10-11-6-2-1-3-7-11/h1-3,6-7,12-13H,4-5,8-10H2. The topological polar surface area (TPSA) is 14.1 Å². The van der Waals surface area contributed by atoms with Gasteiger partial charge in [0.1, 0.15) is 6.17 Å². The molecule has 1 saturated heterocycles. The Balaban J connectivity index is 1.88. The molecule has 1 aliphatic rings. The van der Waals surface area contributed by atoms with Crippen molar-refractivity contribution in [3.8, 4) is 0 Å². The Hall–Kier alpha value is -0.890. The van der Waals surface area contributed by atoms with E-state index in [-0.39, 0.29) is 6.04 Å². The van der Waals surface area contributed by atoms with Gasteiger partial charge in [0.25, 0.3) is 0 Å². The van der Waals surface area contributed by atoms with Gasteiger partial charge in [0.05, 0.1) is 6.04 Å². The van der Waals surface area contributed by atoms with Crippen LogP contribution < -0.4 is 5.32 Å². The molecule has 0 aromatic heterocycles. The summed E-state index contributed by atoms with van der Waals surface area (Å²) < 4.78 is 13.9. The van der Waals surface area contributed by atoms with E-state index >= 15 is 0 Å². The zero-order valence-electron chi connectivity index (χ0n) is 8.90. The largest absolute Gasteiger partial charge is 0.245 e. The van der Waals surface area contributed by atoms with Crippen molar-refractivity contribution in [1.29, 1.82) is 0 Å². The number of alkyl halides is 1. The van der Waals surface area contributed by atoms with Crippen LogP contribution in [0.3, 0.4) is 0 Å². The number of nitrogens with zero attached hydrogens (tertiary/aromatic N) is 1. The molecule has 0 N–H and O–H groups in total. The zero-order chi connectivity index (χ0) is 10.5. The van der Waals surface area contributed by atoms with Crippen LogP contribution in [0.25, 0.3) is 0 Å². The minimum Gasteiger partial charge on any atom is -0.245 e. The van der Waals surface area contributed by atoms with Gasteiger partial charge < -0.3 is 0 Å². The third-order valence-corrected chi connectivity index (χ3v) is 2.96. The number of benzene rings is 1. The molecule has 2 rings (SSSR count). The van der Waals surface area contributed by atoms with Crippen LogP contribution >= 0.6 is 0 Å². The fourth-order valence-electron chi connectivity index (χ4n) is 2.08. The van der Waals surface area contributed by atoms with Crippen molar-refractivity contribution in [2.45, 2.75) is 37.9 Å². The molecule has 0 saturated carbocycles. The molecule has 0 bridgehead atoms. The molecule has 1 aromatic rings. The van der Waals surface area contributed by atoms with Crippen LogP contribution in [0.2, 0.25) is 0 Å². The summed E-state index contributed by atoms with van der Waals surface area (Å²) in [4.78, 5) is 0. The van der Waals surface area contributed by atoms with Crippen molar-refractivity contribution in [3.63, 3.8) is 0 Å². The lowest BCUT2D eigenvalue weighted by molar-refractivity contribution is 0.213. The maximum absolute atomic E-state index is 13.9. The molecule has 0 amide bonds. The Morgan fingerprint density at radius 1 is 1.27 bits per heavy atom. The van der Waals surface area contributed by atoms with Crippen molar-refractivity contribution in [1.82, 2.24) is 5.32 Å². The second kappa shape index (κ2) is 5.26. The smallest absolute Gasteiger partial charge is 0.121 e. The van der Waals surface area contributed by atoms with Gasteiger partial charge in [-0.25, -0.2) is 9.71 Å². The molecule has 2 heteroatoms. The third-order valence-electron chi connectivity index (χ3n) is 2.96. The van der Waals surface area contributed by atoms with Gasteiger partial charge in [-0.2, -0.15) is 0 Å². The maximum Gasteiger partial charge on any atom is 0.121 e. The van der Waals surface area contributed by atoms with Gasteiger partial charge in [-0.1, -0.05) is 36.8 Å². The van der Waals surface area contributed by atoms with E-state index in [9.17, 15) is 4.39 Å². The van der Waals surface area contributed by atoms with Crippen LogP contribution in [0.4, 0.5) is 4.39 Å². The van der Waals surface area contributed by atoms with E-state index in [2.05, 4.69) is 5.32 Å². The van der Waals surface area contributed by atoms with E-state index in [1.807, 2.05) is 30.3 Å². The summed E-state index contributed by atoms with van der Waals surface area (Å²) >= 11 is 0. The number of piperidine rings is 1. The van der Waals surface area contributed by atoms with Gasteiger partial charge in [-0.15, -0.1) is 0 Å². The maximum atomic E-state index is 13.9. The van der Waals surface area contributed by atoms with Gasteiger partial charge >= 0.3 is 0 Å². The SMILES string of the molecule is FC(Cc1ccccc1)C1CCCC[N]1. The van der Waals surface area contributed by atoms with Crippen molar-refractivity contribution in [2.75, 3.05) is 6.54 Å². The molecule has 2 atom stereocenters. The summed E-state index contributed by atoms with van der Waals surface area (Å²) in [7, 11) is 0. The third kappa shape index (κ3) is 3.03. The molecule has 0 aliphatic carbocycles. The predicted molar refractivity (Wildman–Crippen MR) is 59.7 cm³/mol. The first-order valence-corrected chi connectivity index (χ1v) is 5.71. The Labute approximate surface area is 90.7 Å². The molecule has 2 unspecified atom stereocenters. The average molecular weight is 206 g/mol. The van der Waals surface area contributed by atoms with Crippen molar-refractivity contribution in [2.24, 2.45) is 0 Å². The number of rotatable bonds is 3. The molecule has 81 valence electrons. The monoisotopic (exact) mass is 206 g/mol. The first kappa shape index (κ1) is 10.6. The molecule has 1 aliphatic heterocycles. The molecule has 1 heterocycles. The fourth-order valence-corrected chi connectivity index (χ4v) is 2.08. The first-order valence-electron chi connectivity index (χ1n) is 5.71. The predicted octanol–water partition coefficient (Wildman–Crippen LogP) is 2.72. The van der Waals surface area contributed by atoms with Crippen LogP contribution in [0.1, 0.15) is 24.8 Å². The zero-order valence-corrected chi connectivity index (χ0v) is 8.90. The highest BCUT2D eigenvalue weighted by molar-refractivity contribution is 5.16. The highest BCUT2D eigenvalue weighted by Gasteiger charge is 2.23. The van der Waals surface area contributed by atoms with E-state index in [0.717, 1.165) is 31.4 Å². The van der Waals surface area contributed by atoms with Crippen LogP contribution in [-0.2, 0) is 6.42 Å². The molecule has 1 radical (unpaired) electrons. The van der Waals surface area contributed by atoms with Gasteiger partial charge in [-0.05, 0) is 18.4 Å². The van der Waals surface area contributed by atoms with Crippen molar-refractivity contribution in [3.05, 3.63) is 35.9 Å². The number of hydrogen-bond donors (Lipinski definition) is 0. The fraction of sp³-hybridized carbons (Fsp3) is 0.538. The molecule has 15 heavy (non-hydrogen) atoms. The van der Waals surface area contributed by atoms with Crippen molar-refractivity contribution >= 4 is 0 Å². The Morgan fingerprint density at radius 2 is 2.07 bits per heavy atom. The molecule has 1 nitrogen and oxygen atoms in total. The minimum absolute atomic E-state index is 0.0565. The van der Waals surface area contributed by atoms with E-state index in [4.69, 9.17) is 0 Å². The Morgan fingerprint density at radius 3 is 2.73 bits per heavy atom. The summed E-state index contributed by atoms with van der Waals surface area (Å²) in [6.45, 7) is 0.847. The van der Waals surface area contributed by atoms with Gasteiger partial charge in [0.15, 0.2) is 0 Å². The highest BCUT2D eigenvalue weighted by Crippen LogP contribution is 2.17. The molecular weight excluding hydrogens is 189 g/mol. The summed E-state index contributed by atoms with van der Waals surface area (Å²) in [6.07, 6.45) is 2.90. The van der Waals surface area contributed by atoms with Crippen LogP contribution in [0.15, 0.2) is 30.3 Å². The summed E-state index contributed by atoms with van der Waals surface area (Å²) in [5.41, 5.74) is 1.07. The Kier molecular flexibility index (Phi) is 3.73. The molecule has 1 fully saturated rings. The lowest BCUT2D eigenvalue weighted by atomic mass is 9.96. The van der Waals surface area contributed by atoms with Crippen LogP contribution in [-0.4, -0.2) is 18.8 Å². The van der Waals surface area contributed by atoms with E-state index in [0.29, 0.717) is 6.42 Å². The van der Waals surface area contributed by atoms with Crippen molar-refractivity contribution < 1.29 is 4.39 Å². The average Bonchev–Trinajstić information content (AvgIpc) is 2.31. The van der Waals surface area contributed by atoms with E-state index in [1.165, 1.54) is 0 Å². The van der Waals surface area contributed by atoms with E-state index < -0.39 is 6.17 Å². The van der Waals surface area contributed by atoms with E-state index in [1.54, 1.807) is 0 Å². The minimum atomic E-state index is -0.798. The van der Waals surface area contributed by atoms with Gasteiger partial charge in [-0.3, -0.25) is 0 Å². The lowest BCUT2D eigenvalue weighted by Gasteiger charge is -2.24. The first-order chi connectivity index (χ1) is 7.36. The normalized spacial score (nSPS) is 23.7. The number of halogens is 1. The quantitative estimate of drug-likeness (QED) is 0.722. The Bertz CT molecular complexity index is 280.